The van der Waals surface area contributed by atoms with E-state index in [-0.39, 0.29) is 29.3 Å². The fraction of sp³-hybridized carbons (Fsp3) is 0.263. The second kappa shape index (κ2) is 6.22. The summed E-state index contributed by atoms with van der Waals surface area (Å²) in [7, 11) is 0. The third-order valence-electron chi connectivity index (χ3n) is 4.55. The first-order valence-corrected chi connectivity index (χ1v) is 8.29. The number of oxazole rings is 1. The molecule has 1 aliphatic rings. The lowest BCUT2D eigenvalue weighted by molar-refractivity contribution is 0.0937. The summed E-state index contributed by atoms with van der Waals surface area (Å²) in [5.74, 6) is 1.15. The summed E-state index contributed by atoms with van der Waals surface area (Å²) < 4.78 is 5.55. The van der Waals surface area contributed by atoms with Crippen molar-refractivity contribution in [2.24, 2.45) is 0 Å². The number of benzene rings is 2. The van der Waals surface area contributed by atoms with Gasteiger partial charge >= 0.3 is 0 Å². The Morgan fingerprint density at radius 2 is 2.16 bits per heavy atom. The predicted molar refractivity (Wildman–Crippen MR) is 93.5 cm³/mol. The highest BCUT2D eigenvalue weighted by Crippen LogP contribution is 2.29. The van der Waals surface area contributed by atoms with Crippen LogP contribution in [0.15, 0.2) is 47.0 Å². The Morgan fingerprint density at radius 1 is 1.32 bits per heavy atom. The first-order chi connectivity index (χ1) is 12.1. The van der Waals surface area contributed by atoms with Gasteiger partial charge in [-0.25, -0.2) is 4.98 Å². The minimum Gasteiger partial charge on any atom is -0.506 e. The van der Waals surface area contributed by atoms with Crippen molar-refractivity contribution >= 4 is 16.7 Å². The largest absolute Gasteiger partial charge is 0.506 e. The number of hydrogen-bond donors (Lipinski definition) is 3. The monoisotopic (exact) mass is 337 g/mol. The van der Waals surface area contributed by atoms with Gasteiger partial charge in [0.15, 0.2) is 0 Å². The molecule has 0 aliphatic carbocycles. The van der Waals surface area contributed by atoms with Crippen molar-refractivity contribution in [1.82, 2.24) is 15.6 Å². The molecule has 3 aromatic rings. The van der Waals surface area contributed by atoms with Gasteiger partial charge in [0.05, 0.1) is 17.8 Å². The van der Waals surface area contributed by atoms with E-state index < -0.39 is 0 Å². The van der Waals surface area contributed by atoms with Gasteiger partial charge in [-0.05, 0) is 24.8 Å². The van der Waals surface area contributed by atoms with Crippen LogP contribution in [0.25, 0.3) is 10.8 Å². The fourth-order valence-corrected chi connectivity index (χ4v) is 3.27. The topological polar surface area (TPSA) is 87.4 Å². The van der Waals surface area contributed by atoms with E-state index in [9.17, 15) is 9.90 Å². The molecular formula is C19H19N3O3. The van der Waals surface area contributed by atoms with Crippen molar-refractivity contribution in [2.45, 2.75) is 25.4 Å². The van der Waals surface area contributed by atoms with E-state index in [2.05, 4.69) is 15.6 Å². The molecule has 2 heterocycles. The molecule has 0 spiro atoms. The van der Waals surface area contributed by atoms with Crippen LogP contribution in [0, 0.1) is 6.92 Å². The Hall–Kier alpha value is -2.86. The molecule has 1 amide bonds. The second-order valence-electron chi connectivity index (χ2n) is 6.36. The number of fused-ring (bicyclic) bond motifs is 1. The van der Waals surface area contributed by atoms with Gasteiger partial charge in [-0.3, -0.25) is 4.79 Å². The van der Waals surface area contributed by atoms with Crippen molar-refractivity contribution < 1.29 is 14.3 Å². The number of amides is 1. The minimum absolute atomic E-state index is 0.01000. The Labute approximate surface area is 144 Å². The average Bonchev–Trinajstić information content (AvgIpc) is 3.24. The first-order valence-electron chi connectivity index (χ1n) is 8.29. The summed E-state index contributed by atoms with van der Waals surface area (Å²) in [5, 5.41) is 18.3. The van der Waals surface area contributed by atoms with Crippen molar-refractivity contribution in [3.63, 3.8) is 0 Å². The van der Waals surface area contributed by atoms with E-state index in [1.54, 1.807) is 18.3 Å². The molecule has 0 bridgehead atoms. The maximum absolute atomic E-state index is 12.6. The zero-order chi connectivity index (χ0) is 17.4. The number of carbonyl (C=O) groups excluding carboxylic acids is 1. The van der Waals surface area contributed by atoms with Gasteiger partial charge in [0.2, 0.25) is 5.89 Å². The SMILES string of the molecule is Cc1cnc([C@@H]2C[C@H](NC(=O)c3ccc4ccccc4c3O)CN2)o1. The van der Waals surface area contributed by atoms with Gasteiger partial charge in [0, 0.05) is 18.0 Å². The van der Waals surface area contributed by atoms with E-state index in [4.69, 9.17) is 4.42 Å². The van der Waals surface area contributed by atoms with Crippen LogP contribution in [-0.4, -0.2) is 28.6 Å². The number of phenols is 1. The van der Waals surface area contributed by atoms with Gasteiger partial charge in [-0.2, -0.15) is 0 Å². The van der Waals surface area contributed by atoms with Crippen LogP contribution < -0.4 is 10.6 Å². The highest BCUT2D eigenvalue weighted by atomic mass is 16.4. The standard InChI is InChI=1S/C19H19N3O3/c1-11-9-21-19(25-11)16-8-13(10-20-16)22-18(24)15-7-6-12-4-2-3-5-14(12)17(15)23/h2-7,9,13,16,20,23H,8,10H2,1H3,(H,22,24)/t13-,16-/m0/s1. The maximum atomic E-state index is 12.6. The lowest BCUT2D eigenvalue weighted by Gasteiger charge is -2.13. The van der Waals surface area contributed by atoms with Crippen LogP contribution >= 0.6 is 0 Å². The Morgan fingerprint density at radius 3 is 2.96 bits per heavy atom. The molecule has 1 fully saturated rings. The number of nitrogens with one attached hydrogen (secondary N) is 2. The summed E-state index contributed by atoms with van der Waals surface area (Å²) >= 11 is 0. The third kappa shape index (κ3) is 2.96. The molecule has 0 saturated carbocycles. The first kappa shape index (κ1) is 15.7. The molecule has 2 atom stereocenters. The molecule has 0 unspecified atom stereocenters. The summed E-state index contributed by atoms with van der Waals surface area (Å²) in [4.78, 5) is 16.8. The van der Waals surface area contributed by atoms with Crippen molar-refractivity contribution in [3.8, 4) is 5.75 Å². The van der Waals surface area contributed by atoms with E-state index in [1.807, 2.05) is 31.2 Å². The summed E-state index contributed by atoms with van der Waals surface area (Å²) in [6.45, 7) is 2.49. The van der Waals surface area contributed by atoms with Crippen molar-refractivity contribution in [3.05, 3.63) is 59.8 Å². The molecule has 2 aromatic carbocycles. The Bertz CT molecular complexity index is 935. The van der Waals surface area contributed by atoms with Crippen molar-refractivity contribution in [1.29, 1.82) is 0 Å². The van der Waals surface area contributed by atoms with Crippen LogP contribution in [-0.2, 0) is 0 Å². The fourth-order valence-electron chi connectivity index (χ4n) is 3.27. The van der Waals surface area contributed by atoms with Gasteiger partial charge in [0.1, 0.15) is 11.5 Å². The maximum Gasteiger partial charge on any atom is 0.255 e. The van der Waals surface area contributed by atoms with E-state index in [1.165, 1.54) is 0 Å². The molecule has 1 saturated heterocycles. The van der Waals surface area contributed by atoms with Crippen molar-refractivity contribution in [2.75, 3.05) is 6.54 Å². The molecule has 6 heteroatoms. The lowest BCUT2D eigenvalue weighted by Crippen LogP contribution is -2.36. The predicted octanol–water partition coefficient (Wildman–Crippen LogP) is 2.67. The molecule has 128 valence electrons. The van der Waals surface area contributed by atoms with Crippen LogP contribution in [0.1, 0.15) is 34.5 Å². The van der Waals surface area contributed by atoms with Gasteiger partial charge in [0.25, 0.3) is 5.91 Å². The van der Waals surface area contributed by atoms with E-state index in [0.29, 0.717) is 24.2 Å². The van der Waals surface area contributed by atoms with Crippen LogP contribution in [0.4, 0.5) is 0 Å². The Balaban J connectivity index is 1.48. The highest BCUT2D eigenvalue weighted by molar-refractivity contribution is 6.03. The zero-order valence-corrected chi connectivity index (χ0v) is 13.8. The lowest BCUT2D eigenvalue weighted by atomic mass is 10.0. The van der Waals surface area contributed by atoms with Gasteiger partial charge in [-0.15, -0.1) is 0 Å². The van der Waals surface area contributed by atoms with Crippen LogP contribution in [0.2, 0.25) is 0 Å². The average molecular weight is 337 g/mol. The summed E-state index contributed by atoms with van der Waals surface area (Å²) in [6, 6.07) is 10.9. The quantitative estimate of drug-likeness (QED) is 0.684. The number of hydrogen-bond acceptors (Lipinski definition) is 5. The number of carbonyl (C=O) groups is 1. The molecule has 6 nitrogen and oxygen atoms in total. The highest BCUT2D eigenvalue weighted by Gasteiger charge is 2.30. The number of aromatic nitrogens is 1. The molecular weight excluding hydrogens is 318 g/mol. The molecule has 25 heavy (non-hydrogen) atoms. The normalized spacial score (nSPS) is 20.0. The van der Waals surface area contributed by atoms with Gasteiger partial charge in [-0.1, -0.05) is 30.3 Å². The van der Waals surface area contributed by atoms with Gasteiger partial charge < -0.3 is 20.2 Å². The van der Waals surface area contributed by atoms with E-state index in [0.717, 1.165) is 11.1 Å². The Kier molecular flexibility index (Phi) is 3.89. The number of aryl methyl sites for hydroxylation is 1. The zero-order valence-electron chi connectivity index (χ0n) is 13.8. The number of aromatic hydroxyl groups is 1. The summed E-state index contributed by atoms with van der Waals surface area (Å²) in [6.07, 6.45) is 2.38. The molecule has 1 aromatic heterocycles. The third-order valence-corrected chi connectivity index (χ3v) is 4.55. The molecule has 4 rings (SSSR count). The molecule has 3 N–H and O–H groups in total. The van der Waals surface area contributed by atoms with E-state index >= 15 is 0 Å². The van der Waals surface area contributed by atoms with Crippen LogP contribution in [0.5, 0.6) is 5.75 Å². The molecule has 0 radical (unpaired) electrons. The van der Waals surface area contributed by atoms with Crippen LogP contribution in [0.3, 0.4) is 0 Å². The molecule has 1 aliphatic heterocycles. The number of nitrogens with zero attached hydrogens (tertiary/aromatic N) is 1. The number of phenolic OH excluding ortho intramolecular Hbond substituents is 1. The smallest absolute Gasteiger partial charge is 0.255 e. The minimum atomic E-state index is -0.278. The number of rotatable bonds is 3. The summed E-state index contributed by atoms with van der Waals surface area (Å²) in [5.41, 5.74) is 0.286. The second-order valence-corrected chi connectivity index (χ2v) is 6.36.